The van der Waals surface area contributed by atoms with Gasteiger partial charge in [-0.25, -0.2) is 0 Å². The van der Waals surface area contributed by atoms with Gasteiger partial charge in [-0.2, -0.15) is 0 Å². The molecule has 1 heterocycles. The lowest BCUT2D eigenvalue weighted by molar-refractivity contribution is -0.116. The van der Waals surface area contributed by atoms with Gasteiger partial charge in [0.1, 0.15) is 0 Å². The van der Waals surface area contributed by atoms with Crippen LogP contribution in [0.1, 0.15) is 39.0 Å². The van der Waals surface area contributed by atoms with Gasteiger partial charge in [0.15, 0.2) is 0 Å². The highest BCUT2D eigenvalue weighted by atomic mass is 35.5. The molecule has 1 fully saturated rings. The molecule has 0 bridgehead atoms. The lowest BCUT2D eigenvalue weighted by Gasteiger charge is -2.35. The predicted octanol–water partition coefficient (Wildman–Crippen LogP) is 3.52. The van der Waals surface area contributed by atoms with Crippen LogP contribution in [0.4, 0.5) is 11.4 Å². The summed E-state index contributed by atoms with van der Waals surface area (Å²) in [6, 6.07) is 5.75. The lowest BCUT2D eigenvalue weighted by atomic mass is 10.00. The molecule has 0 spiro atoms. The van der Waals surface area contributed by atoms with E-state index < -0.39 is 0 Å². The summed E-state index contributed by atoms with van der Waals surface area (Å²) < 4.78 is 0. The van der Waals surface area contributed by atoms with E-state index in [1.54, 1.807) is 18.2 Å². The summed E-state index contributed by atoms with van der Waals surface area (Å²) in [5.74, 6) is 0.00412. The number of likely N-dealkylation sites (tertiary alicyclic amines) is 1. The fourth-order valence-electron chi connectivity index (χ4n) is 2.92. The van der Waals surface area contributed by atoms with Gasteiger partial charge in [0.2, 0.25) is 5.91 Å². The Morgan fingerprint density at radius 3 is 3.00 bits per heavy atom. The molecule has 3 N–H and O–H groups in total. The summed E-state index contributed by atoms with van der Waals surface area (Å²) in [7, 11) is 0. The molecule has 1 aromatic carbocycles. The van der Waals surface area contributed by atoms with Crippen LogP contribution in [0.25, 0.3) is 0 Å². The molecule has 1 amide bonds. The van der Waals surface area contributed by atoms with Crippen molar-refractivity contribution in [3.63, 3.8) is 0 Å². The molecular formula is C16H24ClN3O. The number of amides is 1. The van der Waals surface area contributed by atoms with Crippen molar-refractivity contribution in [1.29, 1.82) is 0 Å². The number of hydrogen-bond acceptors (Lipinski definition) is 3. The molecule has 21 heavy (non-hydrogen) atoms. The van der Waals surface area contributed by atoms with Crippen LogP contribution in [0.2, 0.25) is 5.02 Å². The van der Waals surface area contributed by atoms with Gasteiger partial charge < -0.3 is 11.1 Å². The zero-order valence-corrected chi connectivity index (χ0v) is 13.3. The third-order valence-electron chi connectivity index (χ3n) is 4.13. The van der Waals surface area contributed by atoms with E-state index in [4.69, 9.17) is 17.3 Å². The second kappa shape index (κ2) is 7.66. The first-order chi connectivity index (χ1) is 10.1. The van der Waals surface area contributed by atoms with Crippen molar-refractivity contribution in [3.8, 4) is 0 Å². The van der Waals surface area contributed by atoms with Crippen molar-refractivity contribution < 1.29 is 4.79 Å². The van der Waals surface area contributed by atoms with Crippen LogP contribution in [0.15, 0.2) is 18.2 Å². The van der Waals surface area contributed by atoms with Gasteiger partial charge in [-0.05, 0) is 44.0 Å². The van der Waals surface area contributed by atoms with E-state index in [-0.39, 0.29) is 5.91 Å². The zero-order valence-electron chi connectivity index (χ0n) is 12.6. The molecule has 0 aromatic heterocycles. The number of benzene rings is 1. The molecule has 1 unspecified atom stereocenters. The quantitative estimate of drug-likeness (QED) is 0.818. The van der Waals surface area contributed by atoms with Crippen molar-refractivity contribution >= 4 is 28.9 Å². The summed E-state index contributed by atoms with van der Waals surface area (Å²) >= 11 is 5.85. The summed E-state index contributed by atoms with van der Waals surface area (Å²) in [6.45, 7) is 4.14. The molecule has 4 nitrogen and oxygen atoms in total. The molecule has 1 aromatic rings. The maximum Gasteiger partial charge on any atom is 0.225 e. The molecule has 0 saturated carbocycles. The molecule has 116 valence electrons. The number of hydrogen-bond donors (Lipinski definition) is 2. The lowest BCUT2D eigenvalue weighted by Crippen LogP contribution is -2.40. The normalized spacial score (nSPS) is 19.4. The van der Waals surface area contributed by atoms with Gasteiger partial charge in [0.05, 0.1) is 11.4 Å². The predicted molar refractivity (Wildman–Crippen MR) is 88.6 cm³/mol. The molecule has 2 rings (SSSR count). The average molecular weight is 310 g/mol. The number of anilines is 2. The smallest absolute Gasteiger partial charge is 0.225 e. The minimum absolute atomic E-state index is 0.00412. The maximum absolute atomic E-state index is 12.1. The van der Waals surface area contributed by atoms with E-state index in [2.05, 4.69) is 17.1 Å². The van der Waals surface area contributed by atoms with Crippen LogP contribution >= 0.6 is 11.6 Å². The van der Waals surface area contributed by atoms with Crippen LogP contribution in [0, 0.1) is 0 Å². The van der Waals surface area contributed by atoms with E-state index in [1.807, 2.05) is 0 Å². The van der Waals surface area contributed by atoms with Gasteiger partial charge in [0.25, 0.3) is 0 Å². The number of carbonyl (C=O) groups excluding carboxylic acids is 1. The van der Waals surface area contributed by atoms with Crippen LogP contribution < -0.4 is 11.1 Å². The zero-order chi connectivity index (χ0) is 15.2. The molecule has 0 aliphatic carbocycles. The van der Waals surface area contributed by atoms with E-state index in [9.17, 15) is 4.79 Å². The van der Waals surface area contributed by atoms with Gasteiger partial charge in [-0.1, -0.05) is 24.9 Å². The maximum atomic E-state index is 12.1. The highest BCUT2D eigenvalue weighted by Gasteiger charge is 2.21. The number of nitrogens with zero attached hydrogens (tertiary/aromatic N) is 1. The summed E-state index contributed by atoms with van der Waals surface area (Å²) in [5.41, 5.74) is 6.98. The highest BCUT2D eigenvalue weighted by Crippen LogP contribution is 2.23. The SMILES string of the molecule is CCC1CCCCN1CCC(=O)Nc1ccc(Cl)cc1N. The first-order valence-electron chi connectivity index (χ1n) is 7.69. The van der Waals surface area contributed by atoms with Crippen LogP contribution in [-0.4, -0.2) is 29.9 Å². The number of nitrogens with two attached hydrogens (primary N) is 1. The Hall–Kier alpha value is -1.26. The van der Waals surface area contributed by atoms with Crippen LogP contribution in [0.5, 0.6) is 0 Å². The number of piperidine rings is 1. The largest absolute Gasteiger partial charge is 0.397 e. The minimum atomic E-state index is 0.00412. The van der Waals surface area contributed by atoms with Crippen molar-refractivity contribution in [2.45, 2.75) is 45.1 Å². The average Bonchev–Trinajstić information content (AvgIpc) is 2.48. The fourth-order valence-corrected chi connectivity index (χ4v) is 3.10. The Bertz CT molecular complexity index is 492. The molecule has 5 heteroatoms. The highest BCUT2D eigenvalue weighted by molar-refractivity contribution is 6.31. The molecule has 0 radical (unpaired) electrons. The third-order valence-corrected chi connectivity index (χ3v) is 4.37. The summed E-state index contributed by atoms with van der Waals surface area (Å²) in [4.78, 5) is 14.5. The van der Waals surface area contributed by atoms with Gasteiger partial charge in [-0.3, -0.25) is 9.69 Å². The monoisotopic (exact) mass is 309 g/mol. The van der Waals surface area contributed by atoms with E-state index in [0.29, 0.717) is 28.9 Å². The third kappa shape index (κ3) is 4.61. The van der Waals surface area contributed by atoms with E-state index >= 15 is 0 Å². The second-order valence-electron chi connectivity index (χ2n) is 5.62. The number of nitrogen functional groups attached to an aromatic ring is 1. The van der Waals surface area contributed by atoms with E-state index in [0.717, 1.165) is 19.5 Å². The van der Waals surface area contributed by atoms with Crippen LogP contribution in [0.3, 0.4) is 0 Å². The molecule has 1 aliphatic rings. The second-order valence-corrected chi connectivity index (χ2v) is 6.06. The fraction of sp³-hybridized carbons (Fsp3) is 0.562. The number of halogens is 1. The number of nitrogens with one attached hydrogen (secondary N) is 1. The Kier molecular flexibility index (Phi) is 5.88. The van der Waals surface area contributed by atoms with Gasteiger partial charge in [-0.15, -0.1) is 0 Å². The summed E-state index contributed by atoms with van der Waals surface area (Å²) in [6.07, 6.45) is 5.46. The number of carbonyl (C=O) groups is 1. The first-order valence-corrected chi connectivity index (χ1v) is 8.07. The van der Waals surface area contributed by atoms with Crippen molar-refractivity contribution in [2.75, 3.05) is 24.1 Å². The Morgan fingerprint density at radius 2 is 2.29 bits per heavy atom. The summed E-state index contributed by atoms with van der Waals surface area (Å²) in [5, 5.41) is 3.43. The minimum Gasteiger partial charge on any atom is -0.397 e. The van der Waals surface area contributed by atoms with Gasteiger partial charge in [0, 0.05) is 24.0 Å². The standard InChI is InChI=1S/C16H24ClN3O/c1-2-13-5-3-4-9-20(13)10-8-16(21)19-15-7-6-12(17)11-14(15)18/h6-7,11,13H,2-5,8-10,18H2,1H3,(H,19,21). The molecule has 1 atom stereocenters. The van der Waals surface area contributed by atoms with Gasteiger partial charge >= 0.3 is 0 Å². The van der Waals surface area contributed by atoms with Crippen molar-refractivity contribution in [1.82, 2.24) is 4.90 Å². The Balaban J connectivity index is 1.84. The topological polar surface area (TPSA) is 58.4 Å². The molecular weight excluding hydrogens is 286 g/mol. The van der Waals surface area contributed by atoms with Crippen molar-refractivity contribution in [3.05, 3.63) is 23.2 Å². The first kappa shape index (κ1) is 16.1. The van der Waals surface area contributed by atoms with Crippen LogP contribution in [-0.2, 0) is 4.79 Å². The molecule has 1 saturated heterocycles. The van der Waals surface area contributed by atoms with Crippen molar-refractivity contribution in [2.24, 2.45) is 0 Å². The van der Waals surface area contributed by atoms with E-state index in [1.165, 1.54) is 19.3 Å². The molecule has 1 aliphatic heterocycles. The Labute approximate surface area is 131 Å². The number of rotatable bonds is 5. The Morgan fingerprint density at radius 1 is 1.48 bits per heavy atom.